The molecule has 5 heteroatoms. The molecule has 3 N–H and O–H groups in total. The average Bonchev–Trinajstić information content (AvgIpc) is 2.84. The lowest BCUT2D eigenvalue weighted by molar-refractivity contribution is 0.632. The molecule has 0 radical (unpaired) electrons. The first kappa shape index (κ1) is 12.9. The lowest BCUT2D eigenvalue weighted by Crippen LogP contribution is -2.04. The second kappa shape index (κ2) is 5.09. The zero-order valence-corrected chi connectivity index (χ0v) is 11.8. The van der Waals surface area contributed by atoms with Crippen molar-refractivity contribution in [2.24, 2.45) is 0 Å². The van der Waals surface area contributed by atoms with E-state index in [1.807, 2.05) is 18.4 Å². The van der Waals surface area contributed by atoms with E-state index in [0.717, 1.165) is 5.39 Å². The number of fused-ring (bicyclic) bond motifs is 1. The van der Waals surface area contributed by atoms with Crippen LogP contribution in [-0.2, 0) is 6.54 Å². The molecular weight excluding hydrogens is 273 g/mol. The number of thiophene rings is 1. The van der Waals surface area contributed by atoms with Crippen LogP contribution in [0.25, 0.3) is 10.9 Å². The van der Waals surface area contributed by atoms with Crippen LogP contribution in [0.4, 0.5) is 15.8 Å². The van der Waals surface area contributed by atoms with Gasteiger partial charge in [0.15, 0.2) is 5.82 Å². The summed E-state index contributed by atoms with van der Waals surface area (Å²) < 4.78 is 14.1. The molecule has 0 saturated heterocycles. The van der Waals surface area contributed by atoms with Gasteiger partial charge in [0.25, 0.3) is 0 Å². The Labute approximate surface area is 120 Å². The van der Waals surface area contributed by atoms with E-state index < -0.39 is 0 Å². The van der Waals surface area contributed by atoms with E-state index in [2.05, 4.69) is 16.4 Å². The van der Waals surface area contributed by atoms with Crippen molar-refractivity contribution in [3.63, 3.8) is 0 Å². The monoisotopic (exact) mass is 287 g/mol. The number of benzene rings is 1. The highest BCUT2D eigenvalue weighted by atomic mass is 32.1. The van der Waals surface area contributed by atoms with Crippen LogP contribution in [0.2, 0.25) is 0 Å². The molecule has 0 aliphatic rings. The third-order valence-electron chi connectivity index (χ3n) is 3.27. The number of aromatic nitrogens is 1. The second-order valence-corrected chi connectivity index (χ2v) is 5.60. The largest absolute Gasteiger partial charge is 0.398 e. The smallest absolute Gasteiger partial charge is 0.150 e. The molecule has 0 atom stereocenters. The molecule has 102 valence electrons. The van der Waals surface area contributed by atoms with Crippen LogP contribution in [0.15, 0.2) is 35.8 Å². The summed E-state index contributed by atoms with van der Waals surface area (Å²) in [7, 11) is 0. The van der Waals surface area contributed by atoms with Crippen molar-refractivity contribution < 1.29 is 4.39 Å². The molecule has 0 unspecified atom stereocenters. The molecule has 0 bridgehead atoms. The van der Waals surface area contributed by atoms with Crippen LogP contribution in [0.5, 0.6) is 0 Å². The van der Waals surface area contributed by atoms with Crippen molar-refractivity contribution in [3.05, 3.63) is 52.1 Å². The van der Waals surface area contributed by atoms with E-state index in [4.69, 9.17) is 5.73 Å². The van der Waals surface area contributed by atoms with Crippen LogP contribution < -0.4 is 11.1 Å². The van der Waals surface area contributed by atoms with Crippen molar-refractivity contribution in [3.8, 4) is 0 Å². The van der Waals surface area contributed by atoms with Crippen molar-refractivity contribution >= 4 is 33.6 Å². The van der Waals surface area contributed by atoms with E-state index in [-0.39, 0.29) is 5.82 Å². The standard InChI is InChI=1S/C15H14FN3S/c1-9-4-6-20-13(9)8-19-15-11(16)7-12(17)10-3-2-5-18-14(10)15/h2-7,19H,8,17H2,1H3. The second-order valence-electron chi connectivity index (χ2n) is 4.60. The van der Waals surface area contributed by atoms with E-state index in [1.165, 1.54) is 16.5 Å². The number of anilines is 2. The molecule has 2 aromatic heterocycles. The number of nitrogens with one attached hydrogen (secondary N) is 1. The zero-order chi connectivity index (χ0) is 14.1. The Balaban J connectivity index is 2.01. The number of nitrogens with zero attached hydrogens (tertiary/aromatic N) is 1. The highest BCUT2D eigenvalue weighted by molar-refractivity contribution is 7.10. The number of halogens is 1. The molecule has 0 aliphatic carbocycles. The first-order valence-electron chi connectivity index (χ1n) is 6.26. The maximum absolute atomic E-state index is 14.1. The maximum Gasteiger partial charge on any atom is 0.150 e. The fourth-order valence-corrected chi connectivity index (χ4v) is 3.00. The molecule has 0 saturated carbocycles. The molecule has 20 heavy (non-hydrogen) atoms. The molecule has 3 aromatic rings. The fourth-order valence-electron chi connectivity index (χ4n) is 2.16. The van der Waals surface area contributed by atoms with E-state index in [1.54, 1.807) is 23.6 Å². The minimum absolute atomic E-state index is 0.372. The Hall–Kier alpha value is -2.14. The predicted octanol–water partition coefficient (Wildman–Crippen LogP) is 3.94. The van der Waals surface area contributed by atoms with Gasteiger partial charge in [0, 0.05) is 28.7 Å². The van der Waals surface area contributed by atoms with Crippen LogP contribution in [0, 0.1) is 12.7 Å². The van der Waals surface area contributed by atoms with Gasteiger partial charge in [-0.3, -0.25) is 4.98 Å². The van der Waals surface area contributed by atoms with Gasteiger partial charge in [-0.2, -0.15) is 0 Å². The number of hydrogen-bond acceptors (Lipinski definition) is 4. The molecule has 2 heterocycles. The SMILES string of the molecule is Cc1ccsc1CNc1c(F)cc(N)c2cccnc12. The maximum atomic E-state index is 14.1. The predicted molar refractivity (Wildman–Crippen MR) is 82.5 cm³/mol. The lowest BCUT2D eigenvalue weighted by atomic mass is 10.1. The summed E-state index contributed by atoms with van der Waals surface area (Å²) in [5.74, 6) is -0.372. The highest BCUT2D eigenvalue weighted by Gasteiger charge is 2.12. The van der Waals surface area contributed by atoms with Crippen molar-refractivity contribution in [1.82, 2.24) is 4.98 Å². The lowest BCUT2D eigenvalue weighted by Gasteiger charge is -2.11. The first-order chi connectivity index (χ1) is 9.66. The van der Waals surface area contributed by atoms with Gasteiger partial charge in [0.05, 0.1) is 11.2 Å². The van der Waals surface area contributed by atoms with Gasteiger partial charge in [0.2, 0.25) is 0 Å². The number of aryl methyl sites for hydroxylation is 1. The number of nitrogen functional groups attached to an aromatic ring is 1. The van der Waals surface area contributed by atoms with Gasteiger partial charge in [0.1, 0.15) is 0 Å². The number of nitrogens with two attached hydrogens (primary N) is 1. The van der Waals surface area contributed by atoms with Crippen molar-refractivity contribution in [1.29, 1.82) is 0 Å². The van der Waals surface area contributed by atoms with Crippen LogP contribution in [0.3, 0.4) is 0 Å². The Morgan fingerprint density at radius 1 is 1.40 bits per heavy atom. The number of rotatable bonds is 3. The van der Waals surface area contributed by atoms with E-state index in [9.17, 15) is 4.39 Å². The third kappa shape index (κ3) is 2.20. The summed E-state index contributed by atoms with van der Waals surface area (Å²) in [6.45, 7) is 2.62. The number of pyridine rings is 1. The summed E-state index contributed by atoms with van der Waals surface area (Å²) in [5.41, 5.74) is 8.42. The summed E-state index contributed by atoms with van der Waals surface area (Å²) in [6, 6.07) is 7.04. The molecule has 3 nitrogen and oxygen atoms in total. The minimum Gasteiger partial charge on any atom is -0.398 e. The Kier molecular flexibility index (Phi) is 3.28. The number of hydrogen-bond donors (Lipinski definition) is 2. The zero-order valence-electron chi connectivity index (χ0n) is 11.0. The normalized spacial score (nSPS) is 10.9. The summed E-state index contributed by atoms with van der Waals surface area (Å²) in [4.78, 5) is 5.43. The quantitative estimate of drug-likeness (QED) is 0.717. The Morgan fingerprint density at radius 2 is 2.25 bits per heavy atom. The first-order valence-corrected chi connectivity index (χ1v) is 7.14. The third-order valence-corrected chi connectivity index (χ3v) is 4.29. The molecule has 0 aliphatic heterocycles. The summed E-state index contributed by atoms with van der Waals surface area (Å²) in [6.07, 6.45) is 1.64. The average molecular weight is 287 g/mol. The molecule has 1 aromatic carbocycles. The van der Waals surface area contributed by atoms with Crippen LogP contribution in [-0.4, -0.2) is 4.98 Å². The van der Waals surface area contributed by atoms with Gasteiger partial charge >= 0.3 is 0 Å². The highest BCUT2D eigenvalue weighted by Crippen LogP contribution is 2.30. The van der Waals surface area contributed by atoms with Gasteiger partial charge < -0.3 is 11.1 Å². The van der Waals surface area contributed by atoms with Crippen LogP contribution >= 0.6 is 11.3 Å². The molecule has 0 spiro atoms. The van der Waals surface area contributed by atoms with Crippen molar-refractivity contribution in [2.75, 3.05) is 11.1 Å². The van der Waals surface area contributed by atoms with E-state index >= 15 is 0 Å². The Bertz CT molecular complexity index is 767. The van der Waals surface area contributed by atoms with Gasteiger partial charge in [-0.05, 0) is 42.1 Å². The topological polar surface area (TPSA) is 50.9 Å². The molecule has 3 rings (SSSR count). The Morgan fingerprint density at radius 3 is 3.00 bits per heavy atom. The molecule has 0 amide bonds. The fraction of sp³-hybridized carbons (Fsp3) is 0.133. The molecule has 0 fully saturated rings. The van der Waals surface area contributed by atoms with Gasteiger partial charge in [-0.15, -0.1) is 11.3 Å². The summed E-state index contributed by atoms with van der Waals surface area (Å²) >= 11 is 1.65. The minimum atomic E-state index is -0.372. The van der Waals surface area contributed by atoms with E-state index in [0.29, 0.717) is 23.4 Å². The van der Waals surface area contributed by atoms with Gasteiger partial charge in [-0.1, -0.05) is 0 Å². The van der Waals surface area contributed by atoms with Crippen molar-refractivity contribution in [2.45, 2.75) is 13.5 Å². The molecular formula is C15H14FN3S. The summed E-state index contributed by atoms with van der Waals surface area (Å²) in [5, 5.41) is 5.94. The van der Waals surface area contributed by atoms with Gasteiger partial charge in [-0.25, -0.2) is 4.39 Å². The van der Waals surface area contributed by atoms with Crippen LogP contribution in [0.1, 0.15) is 10.4 Å².